The van der Waals surface area contributed by atoms with Gasteiger partial charge in [-0.3, -0.25) is 4.79 Å². The lowest BCUT2D eigenvalue weighted by molar-refractivity contribution is -0.119. The summed E-state index contributed by atoms with van der Waals surface area (Å²) in [6, 6.07) is 7.03. The Morgan fingerprint density at radius 3 is 2.74 bits per heavy atom. The number of nitrogens with two attached hydrogens (primary N) is 1. The van der Waals surface area contributed by atoms with E-state index in [-0.39, 0.29) is 11.9 Å². The number of nitrogens with zero attached hydrogens (tertiary/aromatic N) is 1. The Hall–Kier alpha value is -1.95. The molecular weight excluding hydrogens is 318 g/mol. The highest BCUT2D eigenvalue weighted by atomic mass is 35.5. The Morgan fingerprint density at radius 1 is 1.35 bits per heavy atom. The molecule has 7 heteroatoms. The van der Waals surface area contributed by atoms with Crippen molar-refractivity contribution < 1.29 is 14.3 Å². The van der Waals surface area contributed by atoms with Crippen molar-refractivity contribution in [3.05, 3.63) is 29.3 Å². The molecule has 6 nitrogen and oxygen atoms in total. The number of benzene rings is 1. The topological polar surface area (TPSA) is 84.7 Å². The molecule has 1 aromatic rings. The maximum absolute atomic E-state index is 12.0. The molecule has 1 heterocycles. The molecule has 23 heavy (non-hydrogen) atoms. The minimum absolute atomic E-state index is 0.0998. The van der Waals surface area contributed by atoms with Crippen LogP contribution in [-0.2, 0) is 4.79 Å². The van der Waals surface area contributed by atoms with Crippen LogP contribution >= 0.6 is 11.6 Å². The number of likely N-dealkylation sites (tertiary alicyclic amines) is 1. The van der Waals surface area contributed by atoms with Crippen molar-refractivity contribution in [1.82, 2.24) is 10.2 Å². The number of hydrogen-bond acceptors (Lipinski definition) is 3. The predicted octanol–water partition coefficient (Wildman–Crippen LogP) is 2.02. The van der Waals surface area contributed by atoms with Crippen molar-refractivity contribution in [3.63, 3.8) is 0 Å². The van der Waals surface area contributed by atoms with Crippen molar-refractivity contribution in [2.24, 2.45) is 11.7 Å². The largest absolute Gasteiger partial charge is 0.492 e. The number of nitrogens with one attached hydrogen (secondary N) is 1. The quantitative estimate of drug-likeness (QED) is 0.777. The minimum atomic E-state index is -0.272. The Morgan fingerprint density at radius 2 is 2.09 bits per heavy atom. The van der Waals surface area contributed by atoms with Gasteiger partial charge >= 0.3 is 6.03 Å². The number of primary amides is 1. The van der Waals surface area contributed by atoms with Crippen LogP contribution in [0.2, 0.25) is 5.02 Å². The molecule has 0 spiro atoms. The maximum Gasteiger partial charge on any atom is 0.317 e. The van der Waals surface area contributed by atoms with E-state index in [9.17, 15) is 9.59 Å². The number of amides is 3. The third-order valence-electron chi connectivity index (χ3n) is 3.83. The summed E-state index contributed by atoms with van der Waals surface area (Å²) in [5.74, 6) is 0.702. The second kappa shape index (κ2) is 8.62. The van der Waals surface area contributed by atoms with Gasteiger partial charge in [0.1, 0.15) is 12.4 Å². The summed E-state index contributed by atoms with van der Waals surface area (Å²) in [6.07, 6.45) is 2.04. The van der Waals surface area contributed by atoms with Crippen LogP contribution in [0.5, 0.6) is 5.75 Å². The first-order valence-electron chi connectivity index (χ1n) is 7.74. The van der Waals surface area contributed by atoms with Crippen molar-refractivity contribution >= 4 is 23.5 Å². The van der Waals surface area contributed by atoms with E-state index >= 15 is 0 Å². The van der Waals surface area contributed by atoms with E-state index in [4.69, 9.17) is 22.1 Å². The van der Waals surface area contributed by atoms with Crippen molar-refractivity contribution in [1.29, 1.82) is 0 Å². The van der Waals surface area contributed by atoms with Crippen molar-refractivity contribution in [2.45, 2.75) is 19.3 Å². The Bertz CT molecular complexity index is 545. The Kier molecular flexibility index (Phi) is 6.52. The van der Waals surface area contributed by atoms with Crippen LogP contribution < -0.4 is 15.8 Å². The molecule has 1 fully saturated rings. The minimum Gasteiger partial charge on any atom is -0.492 e. The van der Waals surface area contributed by atoms with E-state index in [1.54, 1.807) is 17.0 Å². The Labute approximate surface area is 140 Å². The highest BCUT2D eigenvalue weighted by molar-refractivity contribution is 6.30. The zero-order valence-electron chi connectivity index (χ0n) is 13.0. The number of carbonyl (C=O) groups excluding carboxylic acids is 2. The molecule has 0 bridgehead atoms. The van der Waals surface area contributed by atoms with Gasteiger partial charge in [0, 0.05) is 24.5 Å². The molecule has 3 N–H and O–H groups in total. The molecule has 1 aliphatic heterocycles. The highest BCUT2D eigenvalue weighted by Gasteiger charge is 2.23. The highest BCUT2D eigenvalue weighted by Crippen LogP contribution is 2.20. The molecule has 0 unspecified atom stereocenters. The smallest absolute Gasteiger partial charge is 0.317 e. The van der Waals surface area contributed by atoms with Gasteiger partial charge in [0.05, 0.1) is 6.54 Å². The van der Waals surface area contributed by atoms with Crippen LogP contribution in [0.3, 0.4) is 0 Å². The number of halogens is 1. The van der Waals surface area contributed by atoms with E-state index in [0.717, 1.165) is 12.8 Å². The molecule has 2 rings (SSSR count). The van der Waals surface area contributed by atoms with Crippen molar-refractivity contribution in [3.8, 4) is 5.75 Å². The van der Waals surface area contributed by atoms with Crippen LogP contribution in [0.4, 0.5) is 4.79 Å². The van der Waals surface area contributed by atoms with E-state index in [1.807, 2.05) is 12.1 Å². The second-order valence-electron chi connectivity index (χ2n) is 5.64. The van der Waals surface area contributed by atoms with Gasteiger partial charge in [-0.25, -0.2) is 4.79 Å². The molecule has 1 saturated heterocycles. The number of urea groups is 1. The molecular formula is C16H22ClN3O3. The maximum atomic E-state index is 12.0. The normalized spacial score (nSPS) is 15.3. The fraction of sp³-hybridized carbons (Fsp3) is 0.500. The molecule has 1 aliphatic rings. The molecule has 1 aromatic carbocycles. The molecule has 0 atom stereocenters. The van der Waals surface area contributed by atoms with Gasteiger partial charge < -0.3 is 20.7 Å². The number of carbonyl (C=O) groups is 2. The summed E-state index contributed by atoms with van der Waals surface area (Å²) < 4.78 is 5.52. The average molecular weight is 340 g/mol. The van der Waals surface area contributed by atoms with Crippen LogP contribution in [-0.4, -0.2) is 43.1 Å². The summed E-state index contributed by atoms with van der Waals surface area (Å²) in [4.78, 5) is 24.7. The van der Waals surface area contributed by atoms with Crippen LogP contribution in [0.25, 0.3) is 0 Å². The van der Waals surface area contributed by atoms with E-state index in [2.05, 4.69) is 5.32 Å². The van der Waals surface area contributed by atoms with Gasteiger partial charge in [-0.05, 0) is 37.0 Å². The van der Waals surface area contributed by atoms with Crippen molar-refractivity contribution in [2.75, 3.05) is 26.2 Å². The molecule has 0 aliphatic carbocycles. The summed E-state index contributed by atoms with van der Waals surface area (Å²) >= 11 is 5.87. The monoisotopic (exact) mass is 339 g/mol. The fourth-order valence-corrected chi connectivity index (χ4v) is 2.80. The average Bonchev–Trinajstić information content (AvgIpc) is 2.51. The number of ether oxygens (including phenoxy) is 1. The lowest BCUT2D eigenvalue weighted by Crippen LogP contribution is -2.45. The fourth-order valence-electron chi connectivity index (χ4n) is 2.62. The third-order valence-corrected chi connectivity index (χ3v) is 4.07. The summed E-state index contributed by atoms with van der Waals surface area (Å²) in [5.41, 5.74) is 5.20. The lowest BCUT2D eigenvalue weighted by Gasteiger charge is -2.31. The van der Waals surface area contributed by atoms with Gasteiger partial charge in [-0.1, -0.05) is 17.7 Å². The van der Waals surface area contributed by atoms with Crippen LogP contribution in [0.1, 0.15) is 19.3 Å². The van der Waals surface area contributed by atoms with E-state index in [1.165, 1.54) is 0 Å². The SMILES string of the molecule is NC(=O)CC1CCN(C(=O)NCCOc2cccc(Cl)c2)CC1. The number of hydrogen-bond donors (Lipinski definition) is 2. The van der Waals surface area contributed by atoms with E-state index < -0.39 is 0 Å². The van der Waals surface area contributed by atoms with Gasteiger partial charge in [0.2, 0.25) is 5.91 Å². The number of piperidine rings is 1. The second-order valence-corrected chi connectivity index (χ2v) is 6.08. The first-order chi connectivity index (χ1) is 11.0. The zero-order valence-corrected chi connectivity index (χ0v) is 13.7. The summed E-state index contributed by atoms with van der Waals surface area (Å²) in [5, 5.41) is 3.45. The molecule has 3 amide bonds. The van der Waals surface area contributed by atoms with Gasteiger partial charge in [-0.15, -0.1) is 0 Å². The molecule has 126 valence electrons. The molecule has 0 saturated carbocycles. The lowest BCUT2D eigenvalue weighted by atomic mass is 9.93. The van der Waals surface area contributed by atoms with Gasteiger partial charge in [0.25, 0.3) is 0 Å². The van der Waals surface area contributed by atoms with E-state index in [0.29, 0.717) is 49.4 Å². The summed E-state index contributed by atoms with van der Waals surface area (Å²) in [7, 11) is 0. The molecule has 0 radical (unpaired) electrons. The third kappa shape index (κ3) is 5.98. The number of rotatable bonds is 6. The van der Waals surface area contributed by atoms with Crippen LogP contribution in [0.15, 0.2) is 24.3 Å². The standard InChI is InChI=1S/C16H22ClN3O3/c17-13-2-1-3-14(11-13)23-9-6-19-16(22)20-7-4-12(5-8-20)10-15(18)21/h1-3,11-12H,4-10H2,(H2,18,21)(H,19,22). The van der Waals surface area contributed by atoms with Gasteiger partial charge in [0.15, 0.2) is 0 Å². The Balaban J connectivity index is 1.63. The molecule has 0 aromatic heterocycles. The van der Waals surface area contributed by atoms with Crippen LogP contribution in [0, 0.1) is 5.92 Å². The first-order valence-corrected chi connectivity index (χ1v) is 8.12. The first kappa shape index (κ1) is 17.4. The predicted molar refractivity (Wildman–Crippen MR) is 88.5 cm³/mol. The van der Waals surface area contributed by atoms with Gasteiger partial charge in [-0.2, -0.15) is 0 Å². The summed E-state index contributed by atoms with van der Waals surface area (Å²) in [6.45, 7) is 2.11. The zero-order chi connectivity index (χ0) is 16.7.